The summed E-state index contributed by atoms with van der Waals surface area (Å²) in [6.45, 7) is 2.12. The predicted octanol–water partition coefficient (Wildman–Crippen LogP) is 2.67. The van der Waals surface area contributed by atoms with Crippen molar-refractivity contribution in [2.24, 2.45) is 17.0 Å². The quantitative estimate of drug-likeness (QED) is 0.619. The minimum atomic E-state index is 0.400. The first kappa shape index (κ1) is 11.5. The molecule has 0 saturated heterocycles. The molecule has 3 nitrogen and oxygen atoms in total. The van der Waals surface area contributed by atoms with Crippen LogP contribution in [-0.2, 0) is 13.0 Å². The highest BCUT2D eigenvalue weighted by atomic mass is 16.4. The van der Waals surface area contributed by atoms with Crippen LogP contribution in [0.5, 0.6) is 0 Å². The number of nitrogens with zero attached hydrogens (tertiary/aromatic N) is 2. The Balaban J connectivity index is 1.61. The number of benzene rings is 1. The van der Waals surface area contributed by atoms with Gasteiger partial charge in [0, 0.05) is 19.0 Å². The fraction of sp³-hybridized carbons (Fsp3) is 0.562. The summed E-state index contributed by atoms with van der Waals surface area (Å²) in [5, 5.41) is 13.0. The first-order valence-corrected chi connectivity index (χ1v) is 7.39. The van der Waals surface area contributed by atoms with Crippen molar-refractivity contribution in [2.45, 2.75) is 38.3 Å². The van der Waals surface area contributed by atoms with E-state index in [0.29, 0.717) is 12.0 Å². The molecular formula is C16H20N2O. The van der Waals surface area contributed by atoms with Gasteiger partial charge in [0.05, 0.1) is 11.8 Å². The van der Waals surface area contributed by atoms with Gasteiger partial charge < -0.3 is 5.21 Å². The van der Waals surface area contributed by atoms with Crippen LogP contribution in [0.15, 0.2) is 29.4 Å². The van der Waals surface area contributed by atoms with Crippen LogP contribution in [0.25, 0.3) is 0 Å². The van der Waals surface area contributed by atoms with E-state index < -0.39 is 0 Å². The summed E-state index contributed by atoms with van der Waals surface area (Å²) >= 11 is 0. The van der Waals surface area contributed by atoms with E-state index >= 15 is 0 Å². The van der Waals surface area contributed by atoms with Crippen LogP contribution < -0.4 is 0 Å². The van der Waals surface area contributed by atoms with Crippen LogP contribution in [0, 0.1) is 11.8 Å². The van der Waals surface area contributed by atoms with E-state index in [1.807, 2.05) is 0 Å². The van der Waals surface area contributed by atoms with E-state index in [9.17, 15) is 5.21 Å². The second-order valence-electron chi connectivity index (χ2n) is 6.23. The Labute approximate surface area is 113 Å². The number of rotatable bonds is 1. The van der Waals surface area contributed by atoms with Crippen molar-refractivity contribution in [1.82, 2.24) is 4.90 Å². The Morgan fingerprint density at radius 1 is 1.16 bits per heavy atom. The molecule has 0 amide bonds. The number of hydrogen-bond donors (Lipinski definition) is 1. The van der Waals surface area contributed by atoms with Crippen molar-refractivity contribution in [3.05, 3.63) is 35.4 Å². The summed E-state index contributed by atoms with van der Waals surface area (Å²) in [6.07, 6.45) is 4.91. The topological polar surface area (TPSA) is 35.8 Å². The van der Waals surface area contributed by atoms with Crippen LogP contribution >= 0.6 is 0 Å². The van der Waals surface area contributed by atoms with Gasteiger partial charge in [0.15, 0.2) is 0 Å². The second kappa shape index (κ2) is 4.34. The summed E-state index contributed by atoms with van der Waals surface area (Å²) in [5.41, 5.74) is 4.01. The molecule has 19 heavy (non-hydrogen) atoms. The van der Waals surface area contributed by atoms with E-state index in [2.05, 4.69) is 34.3 Å². The standard InChI is InChI=1S/C16H20N2O/c19-17-15-12-5-6-13(9-12)16(15)18-8-7-11-3-1-2-4-14(11)10-18/h1-4,12-13,16,19H,5-10H2/b17-15-/t12-,13-,16+/m0/s1. The van der Waals surface area contributed by atoms with Crippen molar-refractivity contribution >= 4 is 5.71 Å². The molecule has 1 N–H and O–H groups in total. The van der Waals surface area contributed by atoms with Crippen molar-refractivity contribution in [3.8, 4) is 0 Å². The minimum absolute atomic E-state index is 0.400. The number of fused-ring (bicyclic) bond motifs is 3. The van der Waals surface area contributed by atoms with E-state index in [0.717, 1.165) is 31.1 Å². The molecule has 0 unspecified atom stereocenters. The Morgan fingerprint density at radius 2 is 2.00 bits per heavy atom. The van der Waals surface area contributed by atoms with Crippen molar-refractivity contribution in [2.75, 3.05) is 6.54 Å². The van der Waals surface area contributed by atoms with Crippen LogP contribution in [0.1, 0.15) is 30.4 Å². The van der Waals surface area contributed by atoms with Crippen molar-refractivity contribution in [3.63, 3.8) is 0 Å². The molecule has 1 aliphatic heterocycles. The normalized spacial score (nSPS) is 35.8. The van der Waals surface area contributed by atoms with Gasteiger partial charge in [0.2, 0.25) is 0 Å². The lowest BCUT2D eigenvalue weighted by molar-refractivity contribution is 0.175. The molecule has 1 aromatic rings. The fourth-order valence-corrected chi connectivity index (χ4v) is 4.44. The zero-order valence-electron chi connectivity index (χ0n) is 11.1. The number of oxime groups is 1. The maximum atomic E-state index is 9.35. The van der Waals surface area contributed by atoms with Gasteiger partial charge in [0.25, 0.3) is 0 Å². The molecule has 0 aromatic heterocycles. The highest BCUT2D eigenvalue weighted by molar-refractivity contribution is 5.94. The van der Waals surface area contributed by atoms with Gasteiger partial charge in [0.1, 0.15) is 0 Å². The lowest BCUT2D eigenvalue weighted by Crippen LogP contribution is -2.47. The molecule has 1 aromatic carbocycles. The predicted molar refractivity (Wildman–Crippen MR) is 74.4 cm³/mol. The summed E-state index contributed by atoms with van der Waals surface area (Å²) in [5.74, 6) is 1.28. The molecule has 2 fully saturated rings. The average Bonchev–Trinajstić information content (AvgIpc) is 3.07. The summed E-state index contributed by atoms with van der Waals surface area (Å²) < 4.78 is 0. The van der Waals surface area contributed by atoms with Crippen LogP contribution in [-0.4, -0.2) is 28.4 Å². The third-order valence-corrected chi connectivity index (χ3v) is 5.31. The average molecular weight is 256 g/mol. The molecule has 3 atom stereocenters. The van der Waals surface area contributed by atoms with E-state index in [-0.39, 0.29) is 0 Å². The molecular weight excluding hydrogens is 236 g/mol. The monoisotopic (exact) mass is 256 g/mol. The second-order valence-corrected chi connectivity index (χ2v) is 6.23. The number of hydrogen-bond acceptors (Lipinski definition) is 3. The zero-order valence-corrected chi connectivity index (χ0v) is 11.1. The molecule has 100 valence electrons. The largest absolute Gasteiger partial charge is 0.411 e. The molecule has 2 bridgehead atoms. The highest BCUT2D eigenvalue weighted by Gasteiger charge is 2.48. The fourth-order valence-electron chi connectivity index (χ4n) is 4.44. The SMILES string of the molecule is O/N=C1/[C@H]2CC[C@@H](C2)[C@H]1N1CCc2ccccc2C1. The first-order valence-electron chi connectivity index (χ1n) is 7.39. The van der Waals surface area contributed by atoms with Crippen molar-refractivity contribution < 1.29 is 5.21 Å². The maximum Gasteiger partial charge on any atom is 0.0775 e. The molecule has 2 saturated carbocycles. The van der Waals surface area contributed by atoms with E-state index in [1.54, 1.807) is 0 Å². The van der Waals surface area contributed by atoms with Crippen molar-refractivity contribution in [1.29, 1.82) is 0 Å². The van der Waals surface area contributed by atoms with Crippen LogP contribution in [0.2, 0.25) is 0 Å². The highest BCUT2D eigenvalue weighted by Crippen LogP contribution is 2.45. The van der Waals surface area contributed by atoms with Gasteiger partial charge in [-0.2, -0.15) is 0 Å². The van der Waals surface area contributed by atoms with Gasteiger partial charge in [-0.15, -0.1) is 0 Å². The lowest BCUT2D eigenvalue weighted by Gasteiger charge is -2.38. The molecule has 0 spiro atoms. The zero-order chi connectivity index (χ0) is 12.8. The third kappa shape index (κ3) is 1.71. The van der Waals surface area contributed by atoms with Gasteiger partial charge in [-0.25, -0.2) is 0 Å². The molecule has 3 heteroatoms. The smallest absolute Gasteiger partial charge is 0.0775 e. The van der Waals surface area contributed by atoms with Gasteiger partial charge in [-0.05, 0) is 42.7 Å². The molecule has 0 radical (unpaired) electrons. The summed E-state index contributed by atoms with van der Waals surface area (Å²) in [4.78, 5) is 2.54. The van der Waals surface area contributed by atoms with Crippen LogP contribution in [0.4, 0.5) is 0 Å². The van der Waals surface area contributed by atoms with Crippen LogP contribution in [0.3, 0.4) is 0 Å². The molecule has 4 rings (SSSR count). The molecule has 1 heterocycles. The molecule has 3 aliphatic rings. The van der Waals surface area contributed by atoms with Gasteiger partial charge in [-0.3, -0.25) is 4.90 Å². The molecule has 2 aliphatic carbocycles. The minimum Gasteiger partial charge on any atom is -0.411 e. The Kier molecular flexibility index (Phi) is 2.62. The Morgan fingerprint density at radius 3 is 2.84 bits per heavy atom. The Hall–Kier alpha value is -1.35. The lowest BCUT2D eigenvalue weighted by atomic mass is 9.89. The van der Waals surface area contributed by atoms with Gasteiger partial charge in [-0.1, -0.05) is 29.4 Å². The summed E-state index contributed by atoms with van der Waals surface area (Å²) in [7, 11) is 0. The van der Waals surface area contributed by atoms with Gasteiger partial charge >= 0.3 is 0 Å². The Bertz CT molecular complexity index is 525. The summed E-state index contributed by atoms with van der Waals surface area (Å²) in [6, 6.07) is 9.15. The van der Waals surface area contributed by atoms with E-state index in [1.165, 1.54) is 30.4 Å². The van der Waals surface area contributed by atoms with E-state index in [4.69, 9.17) is 0 Å². The maximum absolute atomic E-state index is 9.35. The first-order chi connectivity index (χ1) is 9.36. The third-order valence-electron chi connectivity index (χ3n) is 5.31.